The molecule has 3 nitrogen and oxygen atoms in total. The van der Waals surface area contributed by atoms with E-state index in [4.69, 9.17) is 4.18 Å². The fraction of sp³-hybridized carbons (Fsp3) is 0.769. The van der Waals surface area contributed by atoms with Crippen molar-refractivity contribution in [3.63, 3.8) is 0 Å². The molecule has 4 heteroatoms. The van der Waals surface area contributed by atoms with Crippen molar-refractivity contribution in [3.8, 4) is 0 Å². The first-order valence-corrected chi connectivity index (χ1v) is 13.9. The summed E-state index contributed by atoms with van der Waals surface area (Å²) in [6.45, 7) is 6.75. The Hall–Kier alpha value is -0.870. The van der Waals surface area contributed by atoms with Crippen molar-refractivity contribution in [2.24, 2.45) is 5.92 Å². The third-order valence-corrected chi connectivity index (χ3v) is 7.33. The molecule has 1 aromatic carbocycles. The summed E-state index contributed by atoms with van der Waals surface area (Å²) in [6, 6.07) is 6.90. The van der Waals surface area contributed by atoms with E-state index >= 15 is 0 Å². The minimum absolute atomic E-state index is 0.261. The van der Waals surface area contributed by atoms with Gasteiger partial charge in [-0.25, -0.2) is 0 Å². The van der Waals surface area contributed by atoms with Gasteiger partial charge < -0.3 is 0 Å². The smallest absolute Gasteiger partial charge is 0.266 e. The second-order valence-corrected chi connectivity index (χ2v) is 10.5. The summed E-state index contributed by atoms with van der Waals surface area (Å²) < 4.78 is 30.2. The second kappa shape index (κ2) is 16.8. The predicted octanol–water partition coefficient (Wildman–Crippen LogP) is 8.21. The van der Waals surface area contributed by atoms with Crippen LogP contribution >= 0.6 is 0 Å². The number of hydrogen-bond donors (Lipinski definition) is 0. The van der Waals surface area contributed by atoms with Gasteiger partial charge in [-0.1, -0.05) is 121 Å². The van der Waals surface area contributed by atoms with Crippen molar-refractivity contribution in [3.05, 3.63) is 29.8 Å². The molecule has 0 N–H and O–H groups in total. The lowest BCUT2D eigenvalue weighted by Gasteiger charge is -2.17. The van der Waals surface area contributed by atoms with Crippen LogP contribution in [0.1, 0.15) is 116 Å². The SMILES string of the molecule is CCCCCCCCC(CCCCCCCC)CCOS(=O)(=O)c1ccc(C)cc1. The molecule has 0 aliphatic rings. The Kier molecular flexibility index (Phi) is 15.2. The van der Waals surface area contributed by atoms with Gasteiger partial charge >= 0.3 is 0 Å². The highest BCUT2D eigenvalue weighted by Gasteiger charge is 2.16. The summed E-state index contributed by atoms with van der Waals surface area (Å²) >= 11 is 0. The average molecular weight is 439 g/mol. The molecular weight excluding hydrogens is 392 g/mol. The maximum Gasteiger partial charge on any atom is 0.296 e. The molecule has 0 bridgehead atoms. The highest BCUT2D eigenvalue weighted by atomic mass is 32.2. The molecule has 0 aromatic heterocycles. The van der Waals surface area contributed by atoms with Crippen LogP contribution in [0.3, 0.4) is 0 Å². The Morgan fingerprint density at radius 3 is 1.67 bits per heavy atom. The van der Waals surface area contributed by atoms with Gasteiger partial charge in [0.2, 0.25) is 0 Å². The third kappa shape index (κ3) is 12.7. The highest BCUT2D eigenvalue weighted by Crippen LogP contribution is 2.23. The minimum atomic E-state index is -3.64. The van der Waals surface area contributed by atoms with Gasteiger partial charge in [0, 0.05) is 0 Å². The molecule has 0 spiro atoms. The summed E-state index contributed by atoms with van der Waals surface area (Å²) in [5.74, 6) is 0.579. The number of rotatable bonds is 19. The van der Waals surface area contributed by atoms with E-state index in [-0.39, 0.29) is 4.90 Å². The molecule has 0 aliphatic carbocycles. The number of unbranched alkanes of at least 4 members (excludes halogenated alkanes) is 10. The Morgan fingerprint density at radius 1 is 0.700 bits per heavy atom. The molecule has 0 atom stereocenters. The van der Waals surface area contributed by atoms with Gasteiger partial charge in [0.25, 0.3) is 10.1 Å². The first-order chi connectivity index (χ1) is 14.5. The van der Waals surface area contributed by atoms with Gasteiger partial charge in [-0.3, -0.25) is 4.18 Å². The van der Waals surface area contributed by atoms with Gasteiger partial charge in [-0.05, 0) is 31.4 Å². The lowest BCUT2D eigenvalue weighted by Crippen LogP contribution is -2.11. The second-order valence-electron chi connectivity index (χ2n) is 8.86. The number of hydrogen-bond acceptors (Lipinski definition) is 3. The maximum absolute atomic E-state index is 12.4. The maximum atomic E-state index is 12.4. The number of benzene rings is 1. The van der Waals surface area contributed by atoms with E-state index < -0.39 is 10.1 Å². The van der Waals surface area contributed by atoms with E-state index in [0.717, 1.165) is 12.0 Å². The first kappa shape index (κ1) is 27.2. The van der Waals surface area contributed by atoms with Crippen LogP contribution in [0.5, 0.6) is 0 Å². The van der Waals surface area contributed by atoms with Crippen molar-refractivity contribution in [2.75, 3.05) is 6.61 Å². The van der Waals surface area contributed by atoms with E-state index in [9.17, 15) is 8.42 Å². The Labute approximate surface area is 187 Å². The van der Waals surface area contributed by atoms with E-state index in [1.807, 2.05) is 19.1 Å². The van der Waals surface area contributed by atoms with Crippen LogP contribution in [-0.4, -0.2) is 15.0 Å². The monoisotopic (exact) mass is 438 g/mol. The summed E-state index contributed by atoms with van der Waals surface area (Å²) in [7, 11) is -3.64. The molecule has 0 fully saturated rings. The quantitative estimate of drug-likeness (QED) is 0.161. The van der Waals surface area contributed by atoms with Gasteiger partial charge in [-0.15, -0.1) is 0 Å². The molecule has 174 valence electrons. The molecular formula is C26H46O3S. The normalized spacial score (nSPS) is 12.0. The molecule has 1 rings (SSSR count). The molecule has 1 aromatic rings. The average Bonchev–Trinajstić information content (AvgIpc) is 2.72. The van der Waals surface area contributed by atoms with Crippen molar-refractivity contribution in [1.29, 1.82) is 0 Å². The third-order valence-electron chi connectivity index (χ3n) is 6.01. The summed E-state index contributed by atoms with van der Waals surface area (Å²) in [4.78, 5) is 0.261. The van der Waals surface area contributed by atoms with Crippen molar-refractivity contribution < 1.29 is 12.6 Å². The lowest BCUT2D eigenvalue weighted by molar-refractivity contribution is 0.263. The van der Waals surface area contributed by atoms with Crippen molar-refractivity contribution >= 4 is 10.1 Å². The lowest BCUT2D eigenvalue weighted by atomic mass is 9.92. The van der Waals surface area contributed by atoms with Crippen LogP contribution in [0, 0.1) is 12.8 Å². The van der Waals surface area contributed by atoms with Gasteiger partial charge in [0.05, 0.1) is 11.5 Å². The van der Waals surface area contributed by atoms with E-state index in [0.29, 0.717) is 12.5 Å². The van der Waals surface area contributed by atoms with E-state index in [2.05, 4.69) is 13.8 Å². The Balaban J connectivity index is 2.41. The molecule has 0 saturated carbocycles. The molecule has 0 unspecified atom stereocenters. The molecule has 0 saturated heterocycles. The minimum Gasteiger partial charge on any atom is -0.266 e. The van der Waals surface area contributed by atoms with Crippen LogP contribution in [0.25, 0.3) is 0 Å². The Morgan fingerprint density at radius 2 is 1.17 bits per heavy atom. The fourth-order valence-corrected chi connectivity index (χ4v) is 4.88. The number of aryl methyl sites for hydroxylation is 1. The van der Waals surface area contributed by atoms with Crippen LogP contribution in [-0.2, 0) is 14.3 Å². The van der Waals surface area contributed by atoms with Crippen molar-refractivity contribution in [1.82, 2.24) is 0 Å². The topological polar surface area (TPSA) is 43.4 Å². The van der Waals surface area contributed by atoms with Crippen LogP contribution in [0.15, 0.2) is 29.2 Å². The summed E-state index contributed by atoms with van der Waals surface area (Å²) in [5, 5.41) is 0. The van der Waals surface area contributed by atoms with Crippen molar-refractivity contribution in [2.45, 2.75) is 122 Å². The predicted molar refractivity (Wildman–Crippen MR) is 128 cm³/mol. The van der Waals surface area contributed by atoms with Gasteiger partial charge in [0.15, 0.2) is 0 Å². The first-order valence-electron chi connectivity index (χ1n) is 12.5. The van der Waals surface area contributed by atoms with Gasteiger partial charge in [-0.2, -0.15) is 8.42 Å². The van der Waals surface area contributed by atoms with Crippen LogP contribution < -0.4 is 0 Å². The fourth-order valence-electron chi connectivity index (χ4n) is 3.96. The van der Waals surface area contributed by atoms with E-state index in [1.54, 1.807) is 12.1 Å². The zero-order chi connectivity index (χ0) is 22.1. The summed E-state index contributed by atoms with van der Waals surface area (Å²) in [5.41, 5.74) is 1.05. The zero-order valence-corrected chi connectivity index (χ0v) is 20.6. The standard InChI is InChI=1S/C26H46O3S/c1-4-6-8-10-12-14-16-25(17-15-13-11-9-7-5-2)22-23-29-30(27,28)26-20-18-24(3)19-21-26/h18-21,25H,4-17,22-23H2,1-3H3. The molecule has 0 heterocycles. The molecule has 0 radical (unpaired) electrons. The largest absolute Gasteiger partial charge is 0.296 e. The molecule has 0 amide bonds. The highest BCUT2D eigenvalue weighted by molar-refractivity contribution is 7.86. The molecule has 30 heavy (non-hydrogen) atoms. The zero-order valence-electron chi connectivity index (χ0n) is 19.8. The van der Waals surface area contributed by atoms with Crippen LogP contribution in [0.2, 0.25) is 0 Å². The summed E-state index contributed by atoms with van der Waals surface area (Å²) in [6.07, 6.45) is 19.0. The van der Waals surface area contributed by atoms with E-state index in [1.165, 1.54) is 89.9 Å². The Bertz CT molecular complexity index is 606. The van der Waals surface area contributed by atoms with Gasteiger partial charge in [0.1, 0.15) is 0 Å². The molecule has 0 aliphatic heterocycles. The van der Waals surface area contributed by atoms with Crippen LogP contribution in [0.4, 0.5) is 0 Å².